The molecular weight excluding hydrogens is 543 g/mol. The van der Waals surface area contributed by atoms with Gasteiger partial charge in [-0.05, 0) is 60.9 Å². The second-order valence-corrected chi connectivity index (χ2v) is 8.75. The van der Waals surface area contributed by atoms with Crippen LogP contribution in [0.15, 0.2) is 73.1 Å². The molecule has 218 valence electrons. The Morgan fingerprint density at radius 3 is 2.34 bits per heavy atom. The number of nitrogens with zero attached hydrogens (tertiary/aromatic N) is 1. The summed E-state index contributed by atoms with van der Waals surface area (Å²) in [5.74, 6) is -1.47. The van der Waals surface area contributed by atoms with Crippen molar-refractivity contribution in [2.45, 2.75) is 31.9 Å². The number of nitrogens with one attached hydrogen (secondary N) is 2. The number of ether oxygens (including phenoxy) is 2. The number of pyridine rings is 1. The first-order valence-electron chi connectivity index (χ1n) is 12.7. The predicted molar refractivity (Wildman–Crippen MR) is 147 cm³/mol. The van der Waals surface area contributed by atoms with Gasteiger partial charge in [0.05, 0.1) is 19.6 Å². The van der Waals surface area contributed by atoms with Crippen LogP contribution in [0, 0.1) is 0 Å². The molecule has 2 aromatic heterocycles. The molecule has 0 aliphatic heterocycles. The number of hydrogen-bond donors (Lipinski definition) is 4. The summed E-state index contributed by atoms with van der Waals surface area (Å²) in [6.07, 6.45) is -0.587. The van der Waals surface area contributed by atoms with Gasteiger partial charge in [0.1, 0.15) is 17.3 Å². The minimum absolute atomic E-state index is 0.00244. The van der Waals surface area contributed by atoms with Gasteiger partial charge in [-0.3, -0.25) is 4.79 Å². The predicted octanol–water partition coefficient (Wildman–Crippen LogP) is 6.08. The zero-order chi connectivity index (χ0) is 29.8. The van der Waals surface area contributed by atoms with Crippen LogP contribution in [0.25, 0.3) is 10.9 Å². The number of H-pyrrole nitrogens is 1. The highest BCUT2D eigenvalue weighted by molar-refractivity contribution is 5.86. The standard InChI is InChI=1S/C27H29N3O4.C2HF3O2/c1-2-33-20-9-7-19(8-10-20)23(17-27(31)32)24-18-30-25-16-21(11-12-22(24)25)34-15-5-14-29-26-6-3-4-13-28-26;3-2(4,5)1(6)7/h3-4,6-13,16,18,23,30H,2,5,14-15,17H2,1H3,(H,28,29)(H,31,32);(H,6,7). The number of halogens is 3. The van der Waals surface area contributed by atoms with E-state index in [-0.39, 0.29) is 12.3 Å². The largest absolute Gasteiger partial charge is 0.494 e. The lowest BCUT2D eigenvalue weighted by molar-refractivity contribution is -0.192. The fourth-order valence-electron chi connectivity index (χ4n) is 4.00. The zero-order valence-corrected chi connectivity index (χ0v) is 22.1. The Morgan fingerprint density at radius 2 is 1.73 bits per heavy atom. The third-order valence-electron chi connectivity index (χ3n) is 5.84. The average molecular weight is 574 g/mol. The summed E-state index contributed by atoms with van der Waals surface area (Å²) in [6.45, 7) is 3.87. The summed E-state index contributed by atoms with van der Waals surface area (Å²) in [4.78, 5) is 28.1. The number of carboxylic acid groups (broad SMARTS) is 2. The molecule has 4 aromatic rings. The molecule has 4 N–H and O–H groups in total. The van der Waals surface area contributed by atoms with E-state index < -0.39 is 18.1 Å². The van der Waals surface area contributed by atoms with E-state index in [9.17, 15) is 23.1 Å². The van der Waals surface area contributed by atoms with Gasteiger partial charge in [-0.15, -0.1) is 0 Å². The molecule has 2 aromatic carbocycles. The third-order valence-corrected chi connectivity index (χ3v) is 5.84. The SMILES string of the molecule is CCOc1ccc(C(CC(=O)O)c2c[nH]c3cc(OCCCNc4ccccn4)ccc23)cc1.O=C(O)C(F)(F)F. The molecule has 0 spiro atoms. The van der Waals surface area contributed by atoms with Gasteiger partial charge in [0.25, 0.3) is 0 Å². The van der Waals surface area contributed by atoms with Crippen LogP contribution < -0.4 is 14.8 Å². The number of fused-ring (bicyclic) bond motifs is 1. The van der Waals surface area contributed by atoms with Gasteiger partial charge in [-0.2, -0.15) is 13.2 Å². The van der Waals surface area contributed by atoms with Gasteiger partial charge < -0.3 is 30.0 Å². The molecule has 0 fully saturated rings. The van der Waals surface area contributed by atoms with Crippen molar-refractivity contribution in [3.05, 3.63) is 84.2 Å². The molecule has 0 aliphatic rings. The van der Waals surface area contributed by atoms with Gasteiger partial charge in [0.2, 0.25) is 0 Å². The van der Waals surface area contributed by atoms with E-state index in [1.807, 2.05) is 73.8 Å². The first kappa shape index (κ1) is 30.8. The topological polar surface area (TPSA) is 134 Å². The van der Waals surface area contributed by atoms with Crippen LogP contribution in [0.1, 0.15) is 36.8 Å². The minimum atomic E-state index is -5.08. The number of aromatic amines is 1. The van der Waals surface area contributed by atoms with E-state index in [0.29, 0.717) is 13.2 Å². The van der Waals surface area contributed by atoms with Crippen LogP contribution in [0.3, 0.4) is 0 Å². The number of aromatic nitrogens is 2. The van der Waals surface area contributed by atoms with Crippen LogP contribution in [0.5, 0.6) is 11.5 Å². The first-order valence-corrected chi connectivity index (χ1v) is 12.7. The Kier molecular flexibility index (Phi) is 11.0. The lowest BCUT2D eigenvalue weighted by atomic mass is 9.88. The van der Waals surface area contributed by atoms with Crippen molar-refractivity contribution in [3.63, 3.8) is 0 Å². The summed E-state index contributed by atoms with van der Waals surface area (Å²) in [6, 6.07) is 19.3. The van der Waals surface area contributed by atoms with Gasteiger partial charge in [0.15, 0.2) is 0 Å². The van der Waals surface area contributed by atoms with Gasteiger partial charge in [0, 0.05) is 41.8 Å². The lowest BCUT2D eigenvalue weighted by Crippen LogP contribution is -2.21. The second kappa shape index (κ2) is 14.6. The Bertz CT molecular complexity index is 1410. The quantitative estimate of drug-likeness (QED) is 0.150. The monoisotopic (exact) mass is 573 g/mol. The number of carboxylic acids is 2. The molecule has 0 radical (unpaired) electrons. The highest BCUT2D eigenvalue weighted by Gasteiger charge is 2.38. The fourth-order valence-corrected chi connectivity index (χ4v) is 4.00. The van der Waals surface area contributed by atoms with E-state index in [0.717, 1.165) is 52.3 Å². The number of hydrogen-bond acceptors (Lipinski definition) is 6. The number of anilines is 1. The van der Waals surface area contributed by atoms with Crippen molar-refractivity contribution in [2.24, 2.45) is 0 Å². The summed E-state index contributed by atoms with van der Waals surface area (Å²) in [5, 5.41) is 20.9. The van der Waals surface area contributed by atoms with Crippen molar-refractivity contribution < 1.29 is 42.4 Å². The molecule has 4 rings (SSSR count). The van der Waals surface area contributed by atoms with E-state index in [1.165, 1.54) is 0 Å². The smallest absolute Gasteiger partial charge is 0.490 e. The number of carbonyl (C=O) groups is 2. The highest BCUT2D eigenvalue weighted by Crippen LogP contribution is 2.35. The summed E-state index contributed by atoms with van der Waals surface area (Å²) in [7, 11) is 0. The molecule has 0 saturated heterocycles. The molecular formula is C29H30F3N3O6. The van der Waals surface area contributed by atoms with Crippen molar-refractivity contribution in [1.82, 2.24) is 9.97 Å². The summed E-state index contributed by atoms with van der Waals surface area (Å²) in [5.41, 5.74) is 2.81. The molecule has 9 nitrogen and oxygen atoms in total. The van der Waals surface area contributed by atoms with E-state index in [2.05, 4.69) is 15.3 Å². The molecule has 1 unspecified atom stereocenters. The van der Waals surface area contributed by atoms with Crippen LogP contribution in [0.4, 0.5) is 19.0 Å². The average Bonchev–Trinajstić information content (AvgIpc) is 3.35. The van der Waals surface area contributed by atoms with Crippen LogP contribution in [-0.2, 0) is 9.59 Å². The summed E-state index contributed by atoms with van der Waals surface area (Å²) >= 11 is 0. The maximum absolute atomic E-state index is 11.6. The maximum Gasteiger partial charge on any atom is 0.490 e. The van der Waals surface area contributed by atoms with Crippen molar-refractivity contribution in [1.29, 1.82) is 0 Å². The van der Waals surface area contributed by atoms with E-state index in [4.69, 9.17) is 19.4 Å². The molecule has 0 aliphatic carbocycles. The Hall–Kier alpha value is -4.74. The van der Waals surface area contributed by atoms with Crippen LogP contribution >= 0.6 is 0 Å². The maximum atomic E-state index is 11.6. The molecule has 0 amide bonds. The molecule has 0 bridgehead atoms. The van der Waals surface area contributed by atoms with Crippen molar-refractivity contribution in [2.75, 3.05) is 25.1 Å². The number of aliphatic carboxylic acids is 2. The highest BCUT2D eigenvalue weighted by atomic mass is 19.4. The van der Waals surface area contributed by atoms with Crippen molar-refractivity contribution >= 4 is 28.7 Å². The molecule has 41 heavy (non-hydrogen) atoms. The van der Waals surface area contributed by atoms with Gasteiger partial charge in [-0.1, -0.05) is 18.2 Å². The molecule has 0 saturated carbocycles. The second-order valence-electron chi connectivity index (χ2n) is 8.75. The minimum Gasteiger partial charge on any atom is -0.494 e. The third kappa shape index (κ3) is 9.45. The molecule has 12 heteroatoms. The van der Waals surface area contributed by atoms with Gasteiger partial charge >= 0.3 is 18.1 Å². The summed E-state index contributed by atoms with van der Waals surface area (Å²) < 4.78 is 43.2. The van der Waals surface area contributed by atoms with E-state index in [1.54, 1.807) is 6.20 Å². The normalized spacial score (nSPS) is 11.7. The van der Waals surface area contributed by atoms with Gasteiger partial charge in [-0.25, -0.2) is 9.78 Å². The Morgan fingerprint density at radius 1 is 1.02 bits per heavy atom. The number of rotatable bonds is 12. The Labute approximate surface area is 233 Å². The lowest BCUT2D eigenvalue weighted by Gasteiger charge is -2.16. The zero-order valence-electron chi connectivity index (χ0n) is 22.1. The Balaban J connectivity index is 0.000000587. The van der Waals surface area contributed by atoms with Crippen LogP contribution in [0.2, 0.25) is 0 Å². The first-order chi connectivity index (χ1) is 19.6. The number of benzene rings is 2. The molecule has 1 atom stereocenters. The number of alkyl halides is 3. The molecule has 2 heterocycles. The van der Waals surface area contributed by atoms with E-state index >= 15 is 0 Å². The fraction of sp³-hybridized carbons (Fsp3) is 0.276. The van der Waals surface area contributed by atoms with Crippen LogP contribution in [-0.4, -0.2) is 58.1 Å². The van der Waals surface area contributed by atoms with Crippen molar-refractivity contribution in [3.8, 4) is 11.5 Å².